The van der Waals surface area contributed by atoms with Crippen molar-refractivity contribution in [2.75, 3.05) is 6.54 Å². The molecule has 4 nitrogen and oxygen atoms in total. The predicted molar refractivity (Wildman–Crippen MR) is 84.8 cm³/mol. The number of carbonyl (C=O) groups is 1. The number of hydrogen-bond acceptors (Lipinski definition) is 2. The largest absolute Gasteiger partial charge is 0.330 e. The van der Waals surface area contributed by atoms with E-state index >= 15 is 0 Å². The minimum Gasteiger partial charge on any atom is -0.330 e. The Morgan fingerprint density at radius 1 is 1.23 bits per heavy atom. The molecule has 2 aliphatic rings. The average Bonchev–Trinajstić information content (AvgIpc) is 3.08. The first-order chi connectivity index (χ1) is 10.7. The van der Waals surface area contributed by atoms with Crippen molar-refractivity contribution in [3.8, 4) is 0 Å². The molecule has 1 aliphatic heterocycles. The zero-order chi connectivity index (χ0) is 15.1. The van der Waals surface area contributed by atoms with E-state index in [1.165, 1.54) is 24.0 Å². The van der Waals surface area contributed by atoms with Crippen LogP contribution < -0.4 is 0 Å². The van der Waals surface area contributed by atoms with Crippen LogP contribution >= 0.6 is 0 Å². The number of aromatic amines is 1. The van der Waals surface area contributed by atoms with E-state index in [1.807, 2.05) is 11.0 Å². The Hall–Kier alpha value is -2.10. The zero-order valence-corrected chi connectivity index (χ0v) is 12.9. The van der Waals surface area contributed by atoms with Crippen molar-refractivity contribution in [2.24, 2.45) is 0 Å². The molecule has 2 aromatic rings. The van der Waals surface area contributed by atoms with Crippen molar-refractivity contribution >= 4 is 5.91 Å². The maximum atomic E-state index is 12.8. The van der Waals surface area contributed by atoms with Crippen LogP contribution in [0.2, 0.25) is 0 Å². The highest BCUT2D eigenvalue weighted by Gasteiger charge is 2.33. The smallest absolute Gasteiger partial charge is 0.274 e. The maximum Gasteiger partial charge on any atom is 0.274 e. The van der Waals surface area contributed by atoms with Gasteiger partial charge in [-0.25, -0.2) is 0 Å². The Labute approximate surface area is 130 Å². The second-order valence-corrected chi connectivity index (χ2v) is 6.55. The van der Waals surface area contributed by atoms with Gasteiger partial charge in [-0.15, -0.1) is 0 Å². The Kier molecular flexibility index (Phi) is 3.25. The lowest BCUT2D eigenvalue weighted by Crippen LogP contribution is -2.30. The fourth-order valence-electron chi connectivity index (χ4n) is 3.34. The van der Waals surface area contributed by atoms with E-state index in [0.717, 1.165) is 25.1 Å². The molecule has 1 amide bonds. The molecule has 0 radical (unpaired) electrons. The van der Waals surface area contributed by atoms with Gasteiger partial charge in [0.2, 0.25) is 0 Å². The molecule has 0 bridgehead atoms. The van der Waals surface area contributed by atoms with Crippen LogP contribution in [0.5, 0.6) is 0 Å². The van der Waals surface area contributed by atoms with E-state index in [-0.39, 0.29) is 11.9 Å². The molecule has 1 saturated carbocycles. The highest BCUT2D eigenvalue weighted by atomic mass is 16.2. The van der Waals surface area contributed by atoms with Crippen LogP contribution in [0.25, 0.3) is 0 Å². The summed E-state index contributed by atoms with van der Waals surface area (Å²) >= 11 is 0. The SMILES string of the molecule is Cc1ccc(C2CCCN2C(=O)c2cc(C3CC3)[nH]n2)cc1. The molecule has 22 heavy (non-hydrogen) atoms. The third-order valence-electron chi connectivity index (χ3n) is 4.81. The first kappa shape index (κ1) is 13.6. The van der Waals surface area contributed by atoms with Crippen LogP contribution in [-0.2, 0) is 0 Å². The molecule has 4 rings (SSSR count). The summed E-state index contributed by atoms with van der Waals surface area (Å²) in [7, 11) is 0. The molecule has 0 spiro atoms. The third kappa shape index (κ3) is 2.43. The van der Waals surface area contributed by atoms with Gasteiger partial charge in [-0.1, -0.05) is 29.8 Å². The van der Waals surface area contributed by atoms with Crippen LogP contribution in [0.1, 0.15) is 65.0 Å². The quantitative estimate of drug-likeness (QED) is 0.941. The lowest BCUT2D eigenvalue weighted by Gasteiger charge is -2.24. The summed E-state index contributed by atoms with van der Waals surface area (Å²) in [5, 5.41) is 7.28. The summed E-state index contributed by atoms with van der Waals surface area (Å²) in [6.07, 6.45) is 4.52. The molecule has 1 aliphatic carbocycles. The van der Waals surface area contributed by atoms with E-state index in [2.05, 4.69) is 41.4 Å². The van der Waals surface area contributed by atoms with E-state index < -0.39 is 0 Å². The van der Waals surface area contributed by atoms with Gasteiger partial charge in [0.05, 0.1) is 6.04 Å². The summed E-state index contributed by atoms with van der Waals surface area (Å²) < 4.78 is 0. The molecule has 1 N–H and O–H groups in total. The van der Waals surface area contributed by atoms with E-state index in [9.17, 15) is 4.79 Å². The molecule has 1 aromatic carbocycles. The second kappa shape index (κ2) is 5.27. The molecule has 1 unspecified atom stereocenters. The van der Waals surface area contributed by atoms with E-state index in [0.29, 0.717) is 11.6 Å². The van der Waals surface area contributed by atoms with Gasteiger partial charge in [-0.3, -0.25) is 9.89 Å². The monoisotopic (exact) mass is 295 g/mol. The first-order valence-corrected chi connectivity index (χ1v) is 8.15. The summed E-state index contributed by atoms with van der Waals surface area (Å²) in [5.74, 6) is 0.659. The van der Waals surface area contributed by atoms with Crippen molar-refractivity contribution in [1.29, 1.82) is 0 Å². The van der Waals surface area contributed by atoms with E-state index in [4.69, 9.17) is 0 Å². The van der Waals surface area contributed by atoms with Crippen molar-refractivity contribution in [3.63, 3.8) is 0 Å². The normalized spacial score (nSPS) is 21.3. The second-order valence-electron chi connectivity index (χ2n) is 6.55. The molecule has 1 saturated heterocycles. The number of carbonyl (C=O) groups excluding carboxylic acids is 1. The van der Waals surface area contributed by atoms with Crippen LogP contribution in [-0.4, -0.2) is 27.5 Å². The molecule has 2 fully saturated rings. The minimum absolute atomic E-state index is 0.0613. The lowest BCUT2D eigenvalue weighted by molar-refractivity contribution is 0.0729. The number of hydrogen-bond donors (Lipinski definition) is 1. The molecule has 4 heteroatoms. The van der Waals surface area contributed by atoms with Gasteiger partial charge in [-0.2, -0.15) is 5.10 Å². The van der Waals surface area contributed by atoms with Crippen molar-refractivity contribution < 1.29 is 4.79 Å². The van der Waals surface area contributed by atoms with Crippen molar-refractivity contribution in [1.82, 2.24) is 15.1 Å². The maximum absolute atomic E-state index is 12.8. The molecule has 1 aromatic heterocycles. The summed E-state index contributed by atoms with van der Waals surface area (Å²) in [4.78, 5) is 14.8. The van der Waals surface area contributed by atoms with Gasteiger partial charge in [-0.05, 0) is 44.2 Å². The highest BCUT2D eigenvalue weighted by Crippen LogP contribution is 2.39. The number of aromatic nitrogens is 2. The van der Waals surface area contributed by atoms with Gasteiger partial charge < -0.3 is 4.90 Å². The molecular weight excluding hydrogens is 274 g/mol. The van der Waals surface area contributed by atoms with Crippen molar-refractivity contribution in [2.45, 2.75) is 44.6 Å². The Bertz CT molecular complexity index is 685. The first-order valence-electron chi connectivity index (χ1n) is 8.15. The third-order valence-corrected chi connectivity index (χ3v) is 4.81. The van der Waals surface area contributed by atoms with Crippen LogP contribution in [0.4, 0.5) is 0 Å². The zero-order valence-electron chi connectivity index (χ0n) is 12.9. The number of amides is 1. The molecule has 2 heterocycles. The Morgan fingerprint density at radius 3 is 2.73 bits per heavy atom. The molecule has 1 atom stereocenters. The number of rotatable bonds is 3. The van der Waals surface area contributed by atoms with Crippen LogP contribution in [0, 0.1) is 6.92 Å². The van der Waals surface area contributed by atoms with Gasteiger partial charge in [0, 0.05) is 18.2 Å². The van der Waals surface area contributed by atoms with Gasteiger partial charge in [0.25, 0.3) is 5.91 Å². The fraction of sp³-hybridized carbons (Fsp3) is 0.444. The number of likely N-dealkylation sites (tertiary alicyclic amines) is 1. The van der Waals surface area contributed by atoms with Crippen LogP contribution in [0.15, 0.2) is 30.3 Å². The fourth-order valence-corrected chi connectivity index (χ4v) is 3.34. The molecular formula is C18H21N3O. The lowest BCUT2D eigenvalue weighted by atomic mass is 10.0. The van der Waals surface area contributed by atoms with Crippen molar-refractivity contribution in [3.05, 3.63) is 52.8 Å². The number of aryl methyl sites for hydroxylation is 1. The van der Waals surface area contributed by atoms with E-state index in [1.54, 1.807) is 0 Å². The summed E-state index contributed by atoms with van der Waals surface area (Å²) in [6.45, 7) is 2.91. The topological polar surface area (TPSA) is 49.0 Å². The van der Waals surface area contributed by atoms with Gasteiger partial charge in [0.1, 0.15) is 5.69 Å². The molecule has 114 valence electrons. The number of H-pyrrole nitrogens is 1. The Balaban J connectivity index is 1.56. The number of nitrogens with zero attached hydrogens (tertiary/aromatic N) is 2. The standard InChI is InChI=1S/C18H21N3O/c1-12-4-6-14(7-5-12)17-3-2-10-21(17)18(22)16-11-15(19-20-16)13-8-9-13/h4-7,11,13,17H,2-3,8-10H2,1H3,(H,19,20). The number of benzene rings is 1. The average molecular weight is 295 g/mol. The van der Waals surface area contributed by atoms with Crippen LogP contribution in [0.3, 0.4) is 0 Å². The Morgan fingerprint density at radius 2 is 2.00 bits per heavy atom. The number of nitrogens with one attached hydrogen (secondary N) is 1. The predicted octanol–water partition coefficient (Wildman–Crippen LogP) is 3.57. The minimum atomic E-state index is 0.0613. The van der Waals surface area contributed by atoms with Gasteiger partial charge >= 0.3 is 0 Å². The highest BCUT2D eigenvalue weighted by molar-refractivity contribution is 5.93. The van der Waals surface area contributed by atoms with Gasteiger partial charge in [0.15, 0.2) is 0 Å². The summed E-state index contributed by atoms with van der Waals surface area (Å²) in [5.41, 5.74) is 4.17. The summed E-state index contributed by atoms with van der Waals surface area (Å²) in [6, 6.07) is 10.7.